The lowest BCUT2D eigenvalue weighted by molar-refractivity contribution is 0.199. The number of thiazole rings is 1. The Morgan fingerprint density at radius 1 is 1.60 bits per heavy atom. The maximum absolute atomic E-state index is 9.80. The van der Waals surface area contributed by atoms with Crippen LogP contribution in [0.3, 0.4) is 0 Å². The molecule has 0 fully saturated rings. The number of rotatable bonds is 6. The topological polar surface area (TPSA) is 33.1 Å². The van der Waals surface area contributed by atoms with Crippen molar-refractivity contribution in [2.45, 2.75) is 45.0 Å². The van der Waals surface area contributed by atoms with E-state index in [4.69, 9.17) is 0 Å². The second-order valence-corrected chi connectivity index (χ2v) is 6.30. The Labute approximate surface area is 100 Å². The van der Waals surface area contributed by atoms with Crippen molar-refractivity contribution in [3.63, 3.8) is 0 Å². The molecular formula is C11H19NOS2. The number of aryl methyl sites for hydroxylation is 1. The molecular weight excluding hydrogens is 226 g/mol. The van der Waals surface area contributed by atoms with Gasteiger partial charge < -0.3 is 5.11 Å². The third kappa shape index (κ3) is 5.00. The average molecular weight is 245 g/mol. The highest BCUT2D eigenvalue weighted by molar-refractivity contribution is 7.99. The SMILES string of the molecule is CCC(C)SCC(O)Cc1csc(C)n1. The molecule has 1 heterocycles. The van der Waals surface area contributed by atoms with Gasteiger partial charge in [-0.25, -0.2) is 4.98 Å². The van der Waals surface area contributed by atoms with Gasteiger partial charge in [-0.3, -0.25) is 0 Å². The summed E-state index contributed by atoms with van der Waals surface area (Å²) in [6, 6.07) is 0. The first-order valence-corrected chi connectivity index (χ1v) is 7.25. The highest BCUT2D eigenvalue weighted by Crippen LogP contribution is 2.17. The number of aromatic nitrogens is 1. The van der Waals surface area contributed by atoms with Gasteiger partial charge in [0.05, 0.1) is 16.8 Å². The molecule has 0 aromatic carbocycles. The van der Waals surface area contributed by atoms with Crippen LogP contribution in [-0.4, -0.2) is 27.2 Å². The van der Waals surface area contributed by atoms with Crippen LogP contribution in [0.2, 0.25) is 0 Å². The van der Waals surface area contributed by atoms with Gasteiger partial charge >= 0.3 is 0 Å². The van der Waals surface area contributed by atoms with Crippen LogP contribution >= 0.6 is 23.1 Å². The Balaban J connectivity index is 2.27. The van der Waals surface area contributed by atoms with Crippen molar-refractivity contribution in [1.29, 1.82) is 0 Å². The molecule has 86 valence electrons. The minimum atomic E-state index is -0.259. The first-order valence-electron chi connectivity index (χ1n) is 5.32. The molecule has 2 unspecified atom stereocenters. The number of hydrogen-bond donors (Lipinski definition) is 1. The fourth-order valence-electron chi connectivity index (χ4n) is 1.20. The average Bonchev–Trinajstić information content (AvgIpc) is 2.60. The van der Waals surface area contributed by atoms with Gasteiger partial charge in [-0.15, -0.1) is 11.3 Å². The van der Waals surface area contributed by atoms with Gasteiger partial charge in [-0.05, 0) is 13.3 Å². The predicted molar refractivity (Wildman–Crippen MR) is 68.8 cm³/mol. The van der Waals surface area contributed by atoms with Crippen molar-refractivity contribution >= 4 is 23.1 Å². The molecule has 15 heavy (non-hydrogen) atoms. The summed E-state index contributed by atoms with van der Waals surface area (Å²) >= 11 is 3.48. The summed E-state index contributed by atoms with van der Waals surface area (Å²) in [5.41, 5.74) is 1.02. The molecule has 1 aromatic heterocycles. The Morgan fingerprint density at radius 3 is 2.87 bits per heavy atom. The molecule has 2 atom stereocenters. The Kier molecular flexibility index (Phi) is 5.64. The second-order valence-electron chi connectivity index (χ2n) is 3.77. The van der Waals surface area contributed by atoms with E-state index >= 15 is 0 Å². The lowest BCUT2D eigenvalue weighted by Crippen LogP contribution is -2.15. The zero-order valence-electron chi connectivity index (χ0n) is 9.56. The third-order valence-electron chi connectivity index (χ3n) is 2.26. The predicted octanol–water partition coefficient (Wildman–Crippen LogP) is 2.89. The van der Waals surface area contributed by atoms with Gasteiger partial charge in [0.1, 0.15) is 0 Å². The summed E-state index contributed by atoms with van der Waals surface area (Å²) in [7, 11) is 0. The van der Waals surface area contributed by atoms with Crippen LogP contribution in [0.25, 0.3) is 0 Å². The van der Waals surface area contributed by atoms with Gasteiger partial charge in [0.25, 0.3) is 0 Å². The molecule has 1 rings (SSSR count). The quantitative estimate of drug-likeness (QED) is 0.836. The number of hydrogen-bond acceptors (Lipinski definition) is 4. The lowest BCUT2D eigenvalue weighted by atomic mass is 10.2. The van der Waals surface area contributed by atoms with Crippen molar-refractivity contribution in [1.82, 2.24) is 4.98 Å². The van der Waals surface area contributed by atoms with E-state index in [1.165, 1.54) is 0 Å². The molecule has 2 nitrogen and oxygen atoms in total. The number of aliphatic hydroxyl groups excluding tert-OH is 1. The van der Waals surface area contributed by atoms with Crippen LogP contribution in [0.4, 0.5) is 0 Å². The summed E-state index contributed by atoms with van der Waals surface area (Å²) in [6.45, 7) is 6.37. The number of aliphatic hydroxyl groups is 1. The Morgan fingerprint density at radius 2 is 2.33 bits per heavy atom. The van der Waals surface area contributed by atoms with E-state index in [2.05, 4.69) is 18.8 Å². The summed E-state index contributed by atoms with van der Waals surface area (Å²) in [6.07, 6.45) is 1.59. The molecule has 0 radical (unpaired) electrons. The van der Waals surface area contributed by atoms with E-state index < -0.39 is 0 Å². The van der Waals surface area contributed by atoms with Crippen LogP contribution < -0.4 is 0 Å². The van der Waals surface area contributed by atoms with Gasteiger partial charge in [0.15, 0.2) is 0 Å². The Hall–Kier alpha value is -0.0600. The fourth-order valence-corrected chi connectivity index (χ4v) is 2.73. The second kappa shape index (κ2) is 6.51. The van der Waals surface area contributed by atoms with Gasteiger partial charge in [0, 0.05) is 22.8 Å². The summed E-state index contributed by atoms with van der Waals surface area (Å²) in [5, 5.41) is 13.5. The Bertz CT molecular complexity index is 288. The molecule has 0 spiro atoms. The summed E-state index contributed by atoms with van der Waals surface area (Å²) in [4.78, 5) is 4.35. The maximum atomic E-state index is 9.80. The molecule has 1 aromatic rings. The molecule has 0 saturated carbocycles. The van der Waals surface area contributed by atoms with Gasteiger partial charge in [-0.1, -0.05) is 13.8 Å². The van der Waals surface area contributed by atoms with E-state index in [9.17, 15) is 5.11 Å². The molecule has 0 bridgehead atoms. The van der Waals surface area contributed by atoms with Gasteiger partial charge in [0.2, 0.25) is 0 Å². The zero-order valence-corrected chi connectivity index (χ0v) is 11.2. The fraction of sp³-hybridized carbons (Fsp3) is 0.727. The molecule has 4 heteroatoms. The van der Waals surface area contributed by atoms with E-state index in [0.29, 0.717) is 11.7 Å². The molecule has 1 N–H and O–H groups in total. The zero-order chi connectivity index (χ0) is 11.3. The molecule has 0 amide bonds. The standard InChI is InChI=1S/C11H19NOS2/c1-4-8(2)14-7-11(13)5-10-6-15-9(3)12-10/h6,8,11,13H,4-5,7H2,1-3H3. The van der Waals surface area contributed by atoms with Crippen molar-refractivity contribution < 1.29 is 5.11 Å². The minimum Gasteiger partial charge on any atom is -0.392 e. The normalized spacial score (nSPS) is 15.2. The van der Waals surface area contributed by atoms with Crippen molar-refractivity contribution in [3.8, 4) is 0 Å². The van der Waals surface area contributed by atoms with E-state index in [0.717, 1.165) is 22.9 Å². The summed E-state index contributed by atoms with van der Waals surface area (Å²) in [5.74, 6) is 0.811. The molecule has 0 aliphatic rings. The van der Waals surface area contributed by atoms with Crippen LogP contribution in [0, 0.1) is 6.92 Å². The molecule has 0 aliphatic carbocycles. The van der Waals surface area contributed by atoms with Gasteiger partial charge in [-0.2, -0.15) is 11.8 Å². The van der Waals surface area contributed by atoms with Crippen LogP contribution in [0.1, 0.15) is 31.0 Å². The lowest BCUT2D eigenvalue weighted by Gasteiger charge is -2.12. The largest absolute Gasteiger partial charge is 0.392 e. The summed E-state index contributed by atoms with van der Waals surface area (Å²) < 4.78 is 0. The highest BCUT2D eigenvalue weighted by Gasteiger charge is 2.09. The molecule has 0 saturated heterocycles. The van der Waals surface area contributed by atoms with Crippen molar-refractivity contribution in [2.75, 3.05) is 5.75 Å². The van der Waals surface area contributed by atoms with E-state index in [1.807, 2.05) is 24.1 Å². The van der Waals surface area contributed by atoms with Crippen molar-refractivity contribution in [2.24, 2.45) is 0 Å². The number of thioether (sulfide) groups is 1. The first-order chi connectivity index (χ1) is 7.11. The van der Waals surface area contributed by atoms with Crippen LogP contribution in [-0.2, 0) is 6.42 Å². The first kappa shape index (κ1) is 13.0. The van der Waals surface area contributed by atoms with E-state index in [1.54, 1.807) is 11.3 Å². The number of nitrogens with zero attached hydrogens (tertiary/aromatic N) is 1. The maximum Gasteiger partial charge on any atom is 0.0897 e. The van der Waals surface area contributed by atoms with E-state index in [-0.39, 0.29) is 6.10 Å². The minimum absolute atomic E-state index is 0.259. The highest BCUT2D eigenvalue weighted by atomic mass is 32.2. The molecule has 0 aliphatic heterocycles. The smallest absolute Gasteiger partial charge is 0.0897 e. The monoisotopic (exact) mass is 245 g/mol. The third-order valence-corrected chi connectivity index (χ3v) is 4.56. The van der Waals surface area contributed by atoms with Crippen LogP contribution in [0.15, 0.2) is 5.38 Å². The van der Waals surface area contributed by atoms with Crippen molar-refractivity contribution in [3.05, 3.63) is 16.1 Å². The van der Waals surface area contributed by atoms with Crippen LogP contribution in [0.5, 0.6) is 0 Å².